The lowest BCUT2D eigenvalue weighted by Crippen LogP contribution is -2.38. The van der Waals surface area contributed by atoms with E-state index in [0.717, 1.165) is 56.8 Å². The highest BCUT2D eigenvalue weighted by atomic mass is 35.5. The quantitative estimate of drug-likeness (QED) is 0.512. The minimum absolute atomic E-state index is 0.139. The minimum Gasteiger partial charge on any atom is -0.353 e. The topological polar surface area (TPSA) is 72.2 Å². The maximum absolute atomic E-state index is 13.7. The van der Waals surface area contributed by atoms with E-state index in [0.29, 0.717) is 24.3 Å². The average molecular weight is 528 g/mol. The molecule has 0 saturated heterocycles. The summed E-state index contributed by atoms with van der Waals surface area (Å²) < 4.78 is 29.5. The number of aromatic nitrogens is 3. The van der Waals surface area contributed by atoms with Crippen LogP contribution in [0.25, 0.3) is 5.00 Å². The van der Waals surface area contributed by atoms with Crippen LogP contribution in [-0.2, 0) is 23.2 Å². The molecule has 0 radical (unpaired) electrons. The first-order chi connectivity index (χ1) is 17.2. The van der Waals surface area contributed by atoms with Gasteiger partial charge in [-0.25, -0.2) is 8.78 Å². The zero-order valence-corrected chi connectivity index (χ0v) is 21.2. The summed E-state index contributed by atoms with van der Waals surface area (Å²) in [6.45, 7) is 1.95. The maximum Gasteiger partial charge on any atom is 0.250 e. The normalized spacial score (nSPS) is 24.6. The summed E-state index contributed by atoms with van der Waals surface area (Å²) in [5, 5.41) is 13.5. The molecule has 1 aromatic carbocycles. The third kappa shape index (κ3) is 3.39. The van der Waals surface area contributed by atoms with Crippen molar-refractivity contribution in [3.8, 4) is 5.00 Å². The summed E-state index contributed by atoms with van der Waals surface area (Å²) in [5.74, 6) is -1.43. The van der Waals surface area contributed by atoms with E-state index >= 15 is 0 Å². The Balaban J connectivity index is 1.30. The number of nitrogens with zero attached hydrogens (tertiary/aromatic N) is 4. The molecule has 2 saturated carbocycles. The van der Waals surface area contributed by atoms with Gasteiger partial charge in [-0.15, -0.1) is 21.5 Å². The molecule has 186 valence electrons. The van der Waals surface area contributed by atoms with Crippen molar-refractivity contribution >= 4 is 34.6 Å². The van der Waals surface area contributed by atoms with Gasteiger partial charge >= 0.3 is 0 Å². The second-order valence-electron chi connectivity index (χ2n) is 10.5. The SMILES string of the molecule is Cc1nnc2n1-c1sc3c(c1C(c1ccccc1Cl)=NC21CC1)C[C@H](C(=O)N[C@H]1CCC(F)(F)C1)C3. The predicted octanol–water partition coefficient (Wildman–Crippen LogP) is 5.15. The number of rotatable bonds is 3. The molecule has 6 nitrogen and oxygen atoms in total. The highest BCUT2D eigenvalue weighted by Crippen LogP contribution is 2.54. The molecule has 0 unspecified atom stereocenters. The van der Waals surface area contributed by atoms with Gasteiger partial charge in [-0.05, 0) is 50.7 Å². The zero-order chi connectivity index (χ0) is 24.8. The summed E-state index contributed by atoms with van der Waals surface area (Å²) in [5.41, 5.74) is 3.39. The Morgan fingerprint density at radius 1 is 1.19 bits per heavy atom. The fraction of sp³-hybridized carbons (Fsp3) is 0.462. The highest BCUT2D eigenvalue weighted by molar-refractivity contribution is 7.15. The molecular weight excluding hydrogens is 504 g/mol. The molecule has 1 amide bonds. The van der Waals surface area contributed by atoms with Crippen LogP contribution >= 0.6 is 22.9 Å². The minimum atomic E-state index is -2.68. The summed E-state index contributed by atoms with van der Waals surface area (Å²) in [4.78, 5) is 19.5. The Morgan fingerprint density at radius 2 is 2.00 bits per heavy atom. The van der Waals surface area contributed by atoms with Crippen molar-refractivity contribution in [2.75, 3.05) is 0 Å². The molecule has 2 fully saturated rings. The molecule has 2 aromatic heterocycles. The van der Waals surface area contributed by atoms with Gasteiger partial charge in [0, 0.05) is 45.8 Å². The Labute approximate surface area is 215 Å². The van der Waals surface area contributed by atoms with Crippen molar-refractivity contribution in [2.24, 2.45) is 10.9 Å². The molecule has 1 spiro atoms. The van der Waals surface area contributed by atoms with Gasteiger partial charge in [-0.2, -0.15) is 0 Å². The van der Waals surface area contributed by atoms with E-state index in [2.05, 4.69) is 20.1 Å². The van der Waals surface area contributed by atoms with Gasteiger partial charge in [0.25, 0.3) is 0 Å². The van der Waals surface area contributed by atoms with Gasteiger partial charge in [0.2, 0.25) is 11.8 Å². The lowest BCUT2D eigenvalue weighted by atomic mass is 9.97. The van der Waals surface area contributed by atoms with Gasteiger partial charge in [0.05, 0.1) is 5.71 Å². The third-order valence-electron chi connectivity index (χ3n) is 7.93. The number of alkyl halides is 2. The summed E-state index contributed by atoms with van der Waals surface area (Å²) in [6, 6.07) is 7.26. The zero-order valence-electron chi connectivity index (χ0n) is 19.7. The lowest BCUT2D eigenvalue weighted by Gasteiger charge is -2.17. The summed E-state index contributed by atoms with van der Waals surface area (Å²) in [6.07, 6.45) is 2.81. The largest absolute Gasteiger partial charge is 0.353 e. The number of fused-ring (bicyclic) bond motifs is 6. The average Bonchev–Trinajstić information content (AvgIpc) is 3.10. The van der Waals surface area contributed by atoms with Gasteiger partial charge < -0.3 is 5.32 Å². The molecule has 7 rings (SSSR count). The number of carbonyl (C=O) groups is 1. The van der Waals surface area contributed by atoms with Crippen LogP contribution in [0.1, 0.15) is 65.3 Å². The molecule has 4 aliphatic rings. The molecule has 3 aliphatic carbocycles. The van der Waals surface area contributed by atoms with Crippen LogP contribution in [-0.4, -0.2) is 38.3 Å². The smallest absolute Gasteiger partial charge is 0.250 e. The predicted molar refractivity (Wildman–Crippen MR) is 134 cm³/mol. The fourth-order valence-electron chi connectivity index (χ4n) is 5.93. The van der Waals surface area contributed by atoms with Crippen molar-refractivity contribution in [1.29, 1.82) is 0 Å². The van der Waals surface area contributed by atoms with E-state index in [-0.39, 0.29) is 24.7 Å². The van der Waals surface area contributed by atoms with Crippen LogP contribution < -0.4 is 5.32 Å². The number of aliphatic imine (C=N–C) groups is 1. The lowest BCUT2D eigenvalue weighted by molar-refractivity contribution is -0.125. The van der Waals surface area contributed by atoms with Crippen LogP contribution in [0.4, 0.5) is 8.78 Å². The van der Waals surface area contributed by atoms with Crippen molar-refractivity contribution < 1.29 is 13.6 Å². The summed E-state index contributed by atoms with van der Waals surface area (Å²) >= 11 is 8.34. The molecule has 3 aromatic rings. The molecule has 1 aliphatic heterocycles. The molecule has 3 heterocycles. The molecule has 10 heteroatoms. The van der Waals surface area contributed by atoms with Crippen molar-refractivity contribution in [1.82, 2.24) is 20.1 Å². The van der Waals surface area contributed by atoms with E-state index in [1.807, 2.05) is 31.2 Å². The second kappa shape index (κ2) is 7.68. The number of benzene rings is 1. The van der Waals surface area contributed by atoms with E-state index in [4.69, 9.17) is 16.6 Å². The van der Waals surface area contributed by atoms with E-state index < -0.39 is 17.5 Å². The number of carbonyl (C=O) groups excluding carboxylic acids is 1. The van der Waals surface area contributed by atoms with Crippen molar-refractivity contribution in [3.05, 3.63) is 62.5 Å². The highest BCUT2D eigenvalue weighted by Gasteiger charge is 2.52. The van der Waals surface area contributed by atoms with Crippen LogP contribution in [0.3, 0.4) is 0 Å². The molecule has 36 heavy (non-hydrogen) atoms. The number of amides is 1. The standard InChI is InChI=1S/C26H24ClF2N5OS/c1-13-32-33-24-25(8-9-25)31-21(16-4-2-3-5-18(16)27)20-17-10-14(11-19(17)36-23(20)34(13)24)22(35)30-15-6-7-26(28,29)12-15/h2-5,14-15H,6-12H2,1H3,(H,30,35)/t14-,15-/m0/s1. The van der Waals surface area contributed by atoms with Crippen molar-refractivity contribution in [2.45, 2.75) is 69.4 Å². The number of hydrogen-bond donors (Lipinski definition) is 1. The van der Waals surface area contributed by atoms with E-state index in [9.17, 15) is 13.6 Å². The molecule has 0 bridgehead atoms. The van der Waals surface area contributed by atoms with Gasteiger partial charge in [-0.3, -0.25) is 14.4 Å². The Hall–Kier alpha value is -2.65. The monoisotopic (exact) mass is 527 g/mol. The van der Waals surface area contributed by atoms with Crippen LogP contribution in [0, 0.1) is 12.8 Å². The molecule has 2 atom stereocenters. The van der Waals surface area contributed by atoms with Crippen molar-refractivity contribution in [3.63, 3.8) is 0 Å². The third-order valence-corrected chi connectivity index (χ3v) is 9.50. The van der Waals surface area contributed by atoms with Gasteiger partial charge in [0.15, 0.2) is 5.82 Å². The van der Waals surface area contributed by atoms with Gasteiger partial charge in [-0.1, -0.05) is 29.8 Å². The Bertz CT molecular complexity index is 1460. The Kier molecular flexibility index (Phi) is 4.81. The van der Waals surface area contributed by atoms with E-state index in [1.165, 1.54) is 0 Å². The molecule has 1 N–H and O–H groups in total. The second-order valence-corrected chi connectivity index (χ2v) is 12.0. The van der Waals surface area contributed by atoms with E-state index in [1.54, 1.807) is 11.3 Å². The van der Waals surface area contributed by atoms with Crippen LogP contribution in [0.2, 0.25) is 5.02 Å². The van der Waals surface area contributed by atoms with Gasteiger partial charge in [0.1, 0.15) is 16.4 Å². The van der Waals surface area contributed by atoms with Crippen LogP contribution in [0.15, 0.2) is 29.3 Å². The Morgan fingerprint density at radius 3 is 2.72 bits per heavy atom. The number of aryl methyl sites for hydroxylation is 1. The first-order valence-electron chi connectivity index (χ1n) is 12.4. The fourth-order valence-corrected chi connectivity index (χ4v) is 7.61. The number of nitrogens with one attached hydrogen (secondary N) is 1. The number of thiophene rings is 1. The summed E-state index contributed by atoms with van der Waals surface area (Å²) in [7, 11) is 0. The first-order valence-corrected chi connectivity index (χ1v) is 13.5. The first kappa shape index (κ1) is 22.5. The molecular formula is C26H24ClF2N5OS. The number of halogens is 3. The van der Waals surface area contributed by atoms with Crippen LogP contribution in [0.5, 0.6) is 0 Å². The maximum atomic E-state index is 13.7. The number of hydrogen-bond acceptors (Lipinski definition) is 5.